The van der Waals surface area contributed by atoms with Crippen LogP contribution in [0.3, 0.4) is 0 Å². The summed E-state index contributed by atoms with van der Waals surface area (Å²) >= 11 is 3.39. The Hall–Kier alpha value is -1.81. The first-order valence-corrected chi connectivity index (χ1v) is 7.68. The molecule has 21 heavy (non-hydrogen) atoms. The van der Waals surface area contributed by atoms with Gasteiger partial charge < -0.3 is 10.6 Å². The Labute approximate surface area is 133 Å². The highest BCUT2D eigenvalue weighted by atomic mass is 79.9. The quantitative estimate of drug-likeness (QED) is 0.847. The second-order valence-corrected chi connectivity index (χ2v) is 6.16. The van der Waals surface area contributed by atoms with E-state index in [0.717, 1.165) is 10.0 Å². The summed E-state index contributed by atoms with van der Waals surface area (Å²) < 4.78 is 0.850. The summed E-state index contributed by atoms with van der Waals surface area (Å²) in [7, 11) is 0. The summed E-state index contributed by atoms with van der Waals surface area (Å²) in [6, 6.07) is 15.4. The van der Waals surface area contributed by atoms with E-state index in [1.54, 1.807) is 12.1 Å². The van der Waals surface area contributed by atoms with Crippen LogP contribution < -0.4 is 5.73 Å². The average molecular weight is 347 g/mol. The maximum Gasteiger partial charge on any atom is 0.256 e. The molecule has 4 heteroatoms. The number of nitrogens with zero attached hydrogens (tertiary/aromatic N) is 1. The number of anilines is 1. The number of benzene rings is 2. The molecule has 0 aliphatic heterocycles. The lowest BCUT2D eigenvalue weighted by molar-refractivity contribution is 0.0691. The second-order valence-electron chi connectivity index (χ2n) is 5.24. The number of carbonyl (C=O) groups is 1. The first kappa shape index (κ1) is 15.6. The number of nitrogen functional groups attached to an aromatic ring is 1. The van der Waals surface area contributed by atoms with Gasteiger partial charge in [0.1, 0.15) is 0 Å². The Kier molecular flexibility index (Phi) is 5.02. The van der Waals surface area contributed by atoms with Crippen LogP contribution in [0.1, 0.15) is 29.8 Å². The molecular formula is C17H19BrN2O. The van der Waals surface area contributed by atoms with Crippen LogP contribution in [0.25, 0.3) is 0 Å². The molecule has 0 saturated carbocycles. The SMILES string of the molecule is CC(C)N(Cc1ccccc1)C(=O)c1cc(Br)ccc1N. The van der Waals surface area contributed by atoms with Crippen LogP contribution in [-0.2, 0) is 6.54 Å². The number of carbonyl (C=O) groups excluding carboxylic acids is 1. The molecule has 2 aromatic carbocycles. The van der Waals surface area contributed by atoms with Crippen LogP contribution in [0.4, 0.5) is 5.69 Å². The van der Waals surface area contributed by atoms with Gasteiger partial charge in [-0.05, 0) is 37.6 Å². The molecule has 0 aromatic heterocycles. The zero-order valence-corrected chi connectivity index (χ0v) is 13.8. The van der Waals surface area contributed by atoms with Gasteiger partial charge in [-0.2, -0.15) is 0 Å². The molecule has 1 amide bonds. The van der Waals surface area contributed by atoms with Crippen molar-refractivity contribution >= 4 is 27.5 Å². The Morgan fingerprint density at radius 2 is 1.86 bits per heavy atom. The van der Waals surface area contributed by atoms with Gasteiger partial charge in [0, 0.05) is 22.7 Å². The van der Waals surface area contributed by atoms with Gasteiger partial charge in [0.2, 0.25) is 0 Å². The molecule has 0 radical (unpaired) electrons. The number of rotatable bonds is 4. The summed E-state index contributed by atoms with van der Waals surface area (Å²) in [5.74, 6) is -0.0485. The summed E-state index contributed by atoms with van der Waals surface area (Å²) in [6.07, 6.45) is 0. The minimum atomic E-state index is -0.0485. The lowest BCUT2D eigenvalue weighted by atomic mass is 10.1. The number of amides is 1. The highest BCUT2D eigenvalue weighted by Gasteiger charge is 2.21. The van der Waals surface area contributed by atoms with Gasteiger partial charge in [-0.3, -0.25) is 4.79 Å². The minimum Gasteiger partial charge on any atom is -0.398 e. The van der Waals surface area contributed by atoms with E-state index in [0.29, 0.717) is 17.8 Å². The van der Waals surface area contributed by atoms with Gasteiger partial charge in [-0.1, -0.05) is 46.3 Å². The molecular weight excluding hydrogens is 328 g/mol. The van der Waals surface area contributed by atoms with E-state index < -0.39 is 0 Å². The number of halogens is 1. The third-order valence-electron chi connectivity index (χ3n) is 3.33. The van der Waals surface area contributed by atoms with Crippen molar-refractivity contribution in [2.45, 2.75) is 26.4 Å². The van der Waals surface area contributed by atoms with Crippen molar-refractivity contribution in [1.29, 1.82) is 0 Å². The molecule has 2 N–H and O–H groups in total. The van der Waals surface area contributed by atoms with Crippen molar-refractivity contribution in [2.75, 3.05) is 5.73 Å². The van der Waals surface area contributed by atoms with E-state index in [4.69, 9.17) is 5.73 Å². The van der Waals surface area contributed by atoms with E-state index in [2.05, 4.69) is 15.9 Å². The van der Waals surface area contributed by atoms with Crippen molar-refractivity contribution in [2.24, 2.45) is 0 Å². The van der Waals surface area contributed by atoms with Gasteiger partial charge in [0.25, 0.3) is 5.91 Å². The summed E-state index contributed by atoms with van der Waals surface area (Å²) in [5, 5.41) is 0. The maximum absolute atomic E-state index is 12.8. The predicted molar refractivity (Wildman–Crippen MR) is 90.0 cm³/mol. The highest BCUT2D eigenvalue weighted by molar-refractivity contribution is 9.10. The molecule has 3 nitrogen and oxygen atoms in total. The van der Waals surface area contributed by atoms with Crippen molar-refractivity contribution in [3.63, 3.8) is 0 Å². The zero-order valence-electron chi connectivity index (χ0n) is 12.2. The number of hydrogen-bond donors (Lipinski definition) is 1. The van der Waals surface area contributed by atoms with E-state index in [1.165, 1.54) is 0 Å². The van der Waals surface area contributed by atoms with Crippen LogP contribution in [0.15, 0.2) is 53.0 Å². The maximum atomic E-state index is 12.8. The minimum absolute atomic E-state index is 0.0485. The molecule has 2 rings (SSSR count). The second kappa shape index (κ2) is 6.76. The van der Waals surface area contributed by atoms with Crippen LogP contribution in [0, 0.1) is 0 Å². The third kappa shape index (κ3) is 3.85. The van der Waals surface area contributed by atoms with Crippen LogP contribution >= 0.6 is 15.9 Å². The fraction of sp³-hybridized carbons (Fsp3) is 0.235. The topological polar surface area (TPSA) is 46.3 Å². The highest BCUT2D eigenvalue weighted by Crippen LogP contribution is 2.22. The fourth-order valence-corrected chi connectivity index (χ4v) is 2.50. The van der Waals surface area contributed by atoms with Gasteiger partial charge in [-0.15, -0.1) is 0 Å². The first-order chi connectivity index (χ1) is 9.99. The summed E-state index contributed by atoms with van der Waals surface area (Å²) in [6.45, 7) is 4.59. The predicted octanol–water partition coefficient (Wildman–Crippen LogP) is 4.08. The fourth-order valence-electron chi connectivity index (χ4n) is 2.14. The number of nitrogens with two attached hydrogens (primary N) is 1. The van der Waals surface area contributed by atoms with E-state index >= 15 is 0 Å². The van der Waals surface area contributed by atoms with Crippen molar-refractivity contribution in [1.82, 2.24) is 4.90 Å². The monoisotopic (exact) mass is 346 g/mol. The average Bonchev–Trinajstić information content (AvgIpc) is 2.47. The van der Waals surface area contributed by atoms with E-state index in [9.17, 15) is 4.79 Å². The molecule has 0 fully saturated rings. The molecule has 0 aliphatic carbocycles. The van der Waals surface area contributed by atoms with Crippen molar-refractivity contribution in [3.8, 4) is 0 Å². The van der Waals surface area contributed by atoms with Gasteiger partial charge in [0.05, 0.1) is 5.56 Å². The lowest BCUT2D eigenvalue weighted by Gasteiger charge is -2.27. The molecule has 2 aromatic rings. The standard InChI is InChI=1S/C17H19BrN2O/c1-12(2)20(11-13-6-4-3-5-7-13)17(21)15-10-14(18)8-9-16(15)19/h3-10,12H,11,19H2,1-2H3. The Balaban J connectivity index is 2.30. The Morgan fingerprint density at radius 3 is 2.48 bits per heavy atom. The van der Waals surface area contributed by atoms with Gasteiger partial charge in [-0.25, -0.2) is 0 Å². The molecule has 110 valence electrons. The molecule has 0 unspecified atom stereocenters. The Morgan fingerprint density at radius 1 is 1.19 bits per heavy atom. The van der Waals surface area contributed by atoms with Crippen molar-refractivity contribution in [3.05, 3.63) is 64.1 Å². The molecule has 0 atom stereocenters. The molecule has 0 heterocycles. The summed E-state index contributed by atoms with van der Waals surface area (Å²) in [4.78, 5) is 14.6. The van der Waals surface area contributed by atoms with E-state index in [-0.39, 0.29) is 11.9 Å². The van der Waals surface area contributed by atoms with Crippen LogP contribution in [-0.4, -0.2) is 16.8 Å². The summed E-state index contributed by atoms with van der Waals surface area (Å²) in [5.41, 5.74) is 8.10. The largest absolute Gasteiger partial charge is 0.398 e. The first-order valence-electron chi connectivity index (χ1n) is 6.89. The lowest BCUT2D eigenvalue weighted by Crippen LogP contribution is -2.36. The third-order valence-corrected chi connectivity index (χ3v) is 3.82. The van der Waals surface area contributed by atoms with Gasteiger partial charge in [0.15, 0.2) is 0 Å². The Bertz CT molecular complexity index is 626. The molecule has 0 saturated heterocycles. The normalized spacial score (nSPS) is 10.7. The van der Waals surface area contributed by atoms with E-state index in [1.807, 2.05) is 55.1 Å². The van der Waals surface area contributed by atoms with Crippen LogP contribution in [0.5, 0.6) is 0 Å². The molecule has 0 spiro atoms. The van der Waals surface area contributed by atoms with Gasteiger partial charge >= 0.3 is 0 Å². The smallest absolute Gasteiger partial charge is 0.256 e. The van der Waals surface area contributed by atoms with Crippen molar-refractivity contribution < 1.29 is 4.79 Å². The molecule has 0 aliphatic rings. The van der Waals surface area contributed by atoms with Crippen LogP contribution in [0.2, 0.25) is 0 Å². The molecule has 0 bridgehead atoms. The zero-order chi connectivity index (χ0) is 15.4. The number of hydrogen-bond acceptors (Lipinski definition) is 2.